The molecule has 1 aliphatic heterocycles. The van der Waals surface area contributed by atoms with Crippen LogP contribution in [0.3, 0.4) is 0 Å². The molecule has 0 bridgehead atoms. The Morgan fingerprint density at radius 1 is 1.25 bits per heavy atom. The maximum Gasteiger partial charge on any atom is 0.253 e. The summed E-state index contributed by atoms with van der Waals surface area (Å²) in [5.74, 6) is 0.321. The summed E-state index contributed by atoms with van der Waals surface area (Å²) in [6, 6.07) is 3.51. The van der Waals surface area contributed by atoms with E-state index in [1.165, 1.54) is 6.20 Å². The Kier molecular flexibility index (Phi) is 10.3. The first-order chi connectivity index (χ1) is 9.75. The maximum absolute atomic E-state index is 11.8. The van der Waals surface area contributed by atoms with Crippen LogP contribution >= 0.6 is 0 Å². The number of nitrogens with one attached hydrogen (secondary N) is 1. The lowest BCUT2D eigenvalue weighted by atomic mass is 10.1. The number of nitrogen functional groups attached to an aromatic ring is 1. The monoisotopic (exact) mass is 281 g/mol. The topological polar surface area (TPSA) is 77.2 Å². The maximum atomic E-state index is 11.8. The highest BCUT2D eigenvalue weighted by Gasteiger charge is 2.16. The van der Waals surface area contributed by atoms with Crippen LogP contribution in [0, 0.1) is 0 Å². The summed E-state index contributed by atoms with van der Waals surface area (Å²) < 4.78 is 5.22. The van der Waals surface area contributed by atoms with Crippen LogP contribution in [0.1, 0.15) is 50.9 Å². The molecule has 0 atom stereocenters. The first-order valence-electron chi connectivity index (χ1n) is 7.36. The molecule has 1 aromatic rings. The lowest BCUT2D eigenvalue weighted by Crippen LogP contribution is -2.38. The van der Waals surface area contributed by atoms with Gasteiger partial charge in [0, 0.05) is 25.5 Å². The molecule has 0 spiro atoms. The van der Waals surface area contributed by atoms with E-state index >= 15 is 0 Å². The zero-order valence-corrected chi connectivity index (χ0v) is 13.0. The van der Waals surface area contributed by atoms with Gasteiger partial charge in [-0.2, -0.15) is 0 Å². The quantitative estimate of drug-likeness (QED) is 0.873. The van der Waals surface area contributed by atoms with Crippen molar-refractivity contribution < 1.29 is 9.53 Å². The van der Waals surface area contributed by atoms with Crippen LogP contribution in [-0.4, -0.2) is 30.1 Å². The summed E-state index contributed by atoms with van der Waals surface area (Å²) in [7, 11) is 0. The second-order valence-electron chi connectivity index (χ2n) is 3.83. The zero-order valence-electron chi connectivity index (χ0n) is 13.0. The van der Waals surface area contributed by atoms with Gasteiger partial charge in [-0.1, -0.05) is 27.7 Å². The van der Waals surface area contributed by atoms with Crippen LogP contribution in [-0.2, 0) is 4.74 Å². The summed E-state index contributed by atoms with van der Waals surface area (Å²) in [4.78, 5) is 15.7. The van der Waals surface area contributed by atoms with Gasteiger partial charge >= 0.3 is 0 Å². The molecule has 1 aromatic heterocycles. The smallest absolute Gasteiger partial charge is 0.253 e. The second-order valence-corrected chi connectivity index (χ2v) is 3.83. The molecule has 0 unspecified atom stereocenters. The number of hydrogen-bond donors (Lipinski definition) is 2. The number of ether oxygens (including phenoxy) is 1. The second kappa shape index (κ2) is 11.2. The first kappa shape index (κ1) is 18.4. The average Bonchev–Trinajstić information content (AvgIpc) is 2.53. The number of amides is 1. The van der Waals surface area contributed by atoms with Crippen LogP contribution in [0.25, 0.3) is 0 Å². The molecular formula is C15H27N3O2. The van der Waals surface area contributed by atoms with Crippen LogP contribution in [0.4, 0.5) is 5.82 Å². The molecule has 1 amide bonds. The Morgan fingerprint density at radius 2 is 1.85 bits per heavy atom. The molecule has 5 nitrogen and oxygen atoms in total. The van der Waals surface area contributed by atoms with Crippen molar-refractivity contribution in [3.63, 3.8) is 0 Å². The number of pyridine rings is 1. The molecule has 1 saturated heterocycles. The molecule has 1 fully saturated rings. The number of hydrogen-bond acceptors (Lipinski definition) is 4. The van der Waals surface area contributed by atoms with Crippen molar-refractivity contribution in [2.45, 2.75) is 46.6 Å². The number of anilines is 1. The van der Waals surface area contributed by atoms with Gasteiger partial charge in [0.05, 0.1) is 5.56 Å². The lowest BCUT2D eigenvalue weighted by molar-refractivity contribution is 0.0696. The van der Waals surface area contributed by atoms with Crippen LogP contribution < -0.4 is 11.1 Å². The predicted octanol–water partition coefficient (Wildman–Crippen LogP) is 2.63. The van der Waals surface area contributed by atoms with Crippen molar-refractivity contribution in [1.29, 1.82) is 0 Å². The molecule has 20 heavy (non-hydrogen) atoms. The minimum Gasteiger partial charge on any atom is -0.384 e. The van der Waals surface area contributed by atoms with E-state index in [0.717, 1.165) is 12.8 Å². The van der Waals surface area contributed by atoms with Gasteiger partial charge in [-0.05, 0) is 25.0 Å². The van der Waals surface area contributed by atoms with E-state index < -0.39 is 0 Å². The van der Waals surface area contributed by atoms with E-state index in [2.05, 4.69) is 10.3 Å². The van der Waals surface area contributed by atoms with Crippen LogP contribution in [0.5, 0.6) is 0 Å². The first-order valence-corrected chi connectivity index (χ1v) is 7.36. The summed E-state index contributed by atoms with van der Waals surface area (Å²) in [5.41, 5.74) is 5.99. The molecule has 2 rings (SSSR count). The summed E-state index contributed by atoms with van der Waals surface area (Å²) in [6.45, 7) is 9.43. The molecule has 3 N–H and O–H groups in total. The van der Waals surface area contributed by atoms with Crippen LogP contribution in [0.15, 0.2) is 18.3 Å². The summed E-state index contributed by atoms with van der Waals surface area (Å²) in [6.07, 6.45) is 3.23. The van der Waals surface area contributed by atoms with Crippen molar-refractivity contribution >= 4 is 11.7 Å². The number of nitrogens with zero attached hydrogens (tertiary/aromatic N) is 1. The minimum atomic E-state index is -0.0978. The van der Waals surface area contributed by atoms with Crippen molar-refractivity contribution in [2.75, 3.05) is 18.9 Å². The summed E-state index contributed by atoms with van der Waals surface area (Å²) >= 11 is 0. The average molecular weight is 281 g/mol. The molecule has 0 aromatic carbocycles. The van der Waals surface area contributed by atoms with E-state index in [-0.39, 0.29) is 11.9 Å². The van der Waals surface area contributed by atoms with Gasteiger partial charge < -0.3 is 15.8 Å². The molecule has 2 heterocycles. The fraction of sp³-hybridized carbons (Fsp3) is 0.600. The number of carbonyl (C=O) groups is 1. The zero-order chi connectivity index (χ0) is 15.4. The molecular weight excluding hydrogens is 254 g/mol. The van der Waals surface area contributed by atoms with Gasteiger partial charge in [0.1, 0.15) is 5.82 Å². The van der Waals surface area contributed by atoms with E-state index in [1.54, 1.807) is 12.1 Å². The SMILES string of the molecule is CC.CC.Nc1ccc(C(=O)NC2CCOCC2)cn1. The Bertz CT molecular complexity index is 360. The number of rotatable bonds is 2. The third kappa shape index (κ3) is 6.52. The molecule has 1 aliphatic rings. The van der Waals surface area contributed by atoms with Crippen molar-refractivity contribution in [3.8, 4) is 0 Å². The normalized spacial score (nSPS) is 14.2. The fourth-order valence-corrected chi connectivity index (χ4v) is 1.65. The Labute approximate surface area is 121 Å². The Balaban J connectivity index is 0.000000829. The van der Waals surface area contributed by atoms with Gasteiger partial charge in [0.2, 0.25) is 0 Å². The number of aromatic nitrogens is 1. The van der Waals surface area contributed by atoms with Gasteiger partial charge in [-0.3, -0.25) is 4.79 Å². The van der Waals surface area contributed by atoms with Crippen molar-refractivity contribution in [3.05, 3.63) is 23.9 Å². The number of carbonyl (C=O) groups excluding carboxylic acids is 1. The van der Waals surface area contributed by atoms with Gasteiger partial charge in [-0.15, -0.1) is 0 Å². The minimum absolute atomic E-state index is 0.0978. The van der Waals surface area contributed by atoms with E-state index in [9.17, 15) is 4.79 Å². The largest absolute Gasteiger partial charge is 0.384 e. The Hall–Kier alpha value is -1.62. The molecule has 5 heteroatoms. The van der Waals surface area contributed by atoms with Gasteiger partial charge in [0.25, 0.3) is 5.91 Å². The van der Waals surface area contributed by atoms with E-state index in [1.807, 2.05) is 27.7 Å². The van der Waals surface area contributed by atoms with E-state index in [0.29, 0.717) is 24.6 Å². The Morgan fingerprint density at radius 3 is 2.35 bits per heavy atom. The third-order valence-electron chi connectivity index (χ3n) is 2.61. The molecule has 0 saturated carbocycles. The van der Waals surface area contributed by atoms with Crippen LogP contribution in [0.2, 0.25) is 0 Å². The predicted molar refractivity (Wildman–Crippen MR) is 82.7 cm³/mol. The molecule has 114 valence electrons. The third-order valence-corrected chi connectivity index (χ3v) is 2.61. The molecule has 0 radical (unpaired) electrons. The van der Waals surface area contributed by atoms with Crippen molar-refractivity contribution in [1.82, 2.24) is 10.3 Å². The highest BCUT2D eigenvalue weighted by molar-refractivity contribution is 5.94. The number of nitrogens with two attached hydrogens (primary N) is 1. The summed E-state index contributed by atoms with van der Waals surface area (Å²) in [5, 5.41) is 2.95. The highest BCUT2D eigenvalue weighted by atomic mass is 16.5. The molecule has 0 aliphatic carbocycles. The van der Waals surface area contributed by atoms with Gasteiger partial charge in [0.15, 0.2) is 0 Å². The van der Waals surface area contributed by atoms with E-state index in [4.69, 9.17) is 10.5 Å². The van der Waals surface area contributed by atoms with Gasteiger partial charge in [-0.25, -0.2) is 4.98 Å². The van der Waals surface area contributed by atoms with Crippen molar-refractivity contribution in [2.24, 2.45) is 0 Å². The standard InChI is InChI=1S/C11H15N3O2.2C2H6/c12-10-2-1-8(7-13-10)11(15)14-9-3-5-16-6-4-9;2*1-2/h1-2,7,9H,3-6H2,(H2,12,13)(H,14,15);2*1-2H3. The lowest BCUT2D eigenvalue weighted by Gasteiger charge is -2.23. The fourth-order valence-electron chi connectivity index (χ4n) is 1.65. The highest BCUT2D eigenvalue weighted by Crippen LogP contribution is 2.08.